The number of carbonyl (C=O) groups is 4. The molecule has 0 fully saturated rings. The molecule has 0 aliphatic carbocycles. The maximum atomic E-state index is 12.0. The lowest BCUT2D eigenvalue weighted by Gasteiger charge is -2.28. The van der Waals surface area contributed by atoms with Gasteiger partial charge < -0.3 is 24.8 Å². The summed E-state index contributed by atoms with van der Waals surface area (Å²) in [5.74, 6) is -2.91. The molecule has 0 saturated carbocycles. The molecule has 0 spiro atoms. The molecule has 0 saturated heterocycles. The van der Waals surface area contributed by atoms with E-state index < -0.39 is 36.0 Å². The molecule has 0 bridgehead atoms. The Morgan fingerprint density at radius 3 is 2.39 bits per heavy atom. The van der Waals surface area contributed by atoms with Gasteiger partial charge in [0.25, 0.3) is 0 Å². The van der Waals surface area contributed by atoms with E-state index in [2.05, 4.69) is 10.1 Å². The van der Waals surface area contributed by atoms with Crippen molar-refractivity contribution in [1.82, 2.24) is 10.2 Å². The average Bonchev–Trinajstić information content (AvgIpc) is 2.70. The molecule has 154 valence electrons. The van der Waals surface area contributed by atoms with Gasteiger partial charge in [-0.2, -0.15) is 0 Å². The van der Waals surface area contributed by atoms with Crippen molar-refractivity contribution in [2.24, 2.45) is 0 Å². The first-order valence-electron chi connectivity index (χ1n) is 8.43. The first-order chi connectivity index (χ1) is 13.3. The number of alkyl halides is 1. The normalized spacial score (nSPS) is 12.4. The first-order valence-corrected chi connectivity index (χ1v) is 8.96. The van der Waals surface area contributed by atoms with E-state index in [1.165, 1.54) is 14.0 Å². The minimum absolute atomic E-state index is 0.0186. The van der Waals surface area contributed by atoms with Crippen molar-refractivity contribution in [3.8, 4) is 0 Å². The summed E-state index contributed by atoms with van der Waals surface area (Å²) in [5, 5.41) is 11.6. The standard InChI is InChI=1S/C18H23ClN2O7/c1-12(17(25)27-2)21(15(22)10-19)9-8-14(16(23)24)20-18(26)28-11-13-6-4-3-5-7-13/h3-7,12,14H,8-11H2,1-2H3,(H,20,26)(H,23,24)/t12-,14-/m0/s1. The molecule has 0 unspecified atom stereocenters. The number of alkyl carbamates (subject to hydrolysis) is 1. The molecule has 2 atom stereocenters. The van der Waals surface area contributed by atoms with Gasteiger partial charge in [-0.15, -0.1) is 11.6 Å². The highest BCUT2D eigenvalue weighted by atomic mass is 35.5. The van der Waals surface area contributed by atoms with E-state index in [0.29, 0.717) is 0 Å². The van der Waals surface area contributed by atoms with Crippen LogP contribution in [0, 0.1) is 0 Å². The van der Waals surface area contributed by atoms with Crippen molar-refractivity contribution in [2.75, 3.05) is 19.5 Å². The van der Waals surface area contributed by atoms with Crippen LogP contribution in [0.5, 0.6) is 0 Å². The molecule has 28 heavy (non-hydrogen) atoms. The van der Waals surface area contributed by atoms with E-state index in [9.17, 15) is 24.3 Å². The number of carboxylic acid groups (broad SMARTS) is 1. The van der Waals surface area contributed by atoms with Crippen LogP contribution in [0.4, 0.5) is 4.79 Å². The Balaban J connectivity index is 2.66. The third-order valence-corrected chi connectivity index (χ3v) is 4.13. The number of amides is 2. The van der Waals surface area contributed by atoms with Crippen molar-refractivity contribution >= 4 is 35.5 Å². The number of methoxy groups -OCH3 is 1. The molecule has 9 nitrogen and oxygen atoms in total. The topological polar surface area (TPSA) is 122 Å². The molecule has 0 heterocycles. The smallest absolute Gasteiger partial charge is 0.408 e. The SMILES string of the molecule is COC(=O)[C@H](C)N(CC[C@H](NC(=O)OCc1ccccc1)C(=O)O)C(=O)CCl. The molecule has 2 N–H and O–H groups in total. The minimum Gasteiger partial charge on any atom is -0.480 e. The fourth-order valence-corrected chi connectivity index (χ4v) is 2.50. The van der Waals surface area contributed by atoms with Gasteiger partial charge in [-0.1, -0.05) is 30.3 Å². The summed E-state index contributed by atoms with van der Waals surface area (Å²) >= 11 is 5.55. The zero-order chi connectivity index (χ0) is 21.1. The second-order valence-electron chi connectivity index (χ2n) is 5.81. The van der Waals surface area contributed by atoms with Gasteiger partial charge in [0.05, 0.1) is 7.11 Å². The van der Waals surface area contributed by atoms with Crippen LogP contribution in [0.2, 0.25) is 0 Å². The largest absolute Gasteiger partial charge is 0.480 e. The maximum Gasteiger partial charge on any atom is 0.408 e. The monoisotopic (exact) mass is 414 g/mol. The third kappa shape index (κ3) is 7.43. The van der Waals surface area contributed by atoms with Crippen molar-refractivity contribution in [2.45, 2.75) is 32.0 Å². The number of carbonyl (C=O) groups excluding carboxylic acids is 3. The minimum atomic E-state index is -1.32. The number of ether oxygens (including phenoxy) is 2. The van der Waals surface area contributed by atoms with Crippen molar-refractivity contribution < 1.29 is 33.8 Å². The summed E-state index contributed by atoms with van der Waals surface area (Å²) in [6.07, 6.45) is -1.06. The summed E-state index contributed by atoms with van der Waals surface area (Å²) in [6, 6.07) is 6.61. The number of nitrogens with one attached hydrogen (secondary N) is 1. The molecular formula is C18H23ClN2O7. The summed E-state index contributed by atoms with van der Waals surface area (Å²) in [4.78, 5) is 48.1. The van der Waals surface area contributed by atoms with Crippen LogP contribution in [0.15, 0.2) is 30.3 Å². The van der Waals surface area contributed by atoms with Crippen LogP contribution < -0.4 is 5.32 Å². The number of hydrogen-bond donors (Lipinski definition) is 2. The Bertz CT molecular complexity index is 684. The van der Waals surface area contributed by atoms with Crippen molar-refractivity contribution in [3.63, 3.8) is 0 Å². The van der Waals surface area contributed by atoms with Gasteiger partial charge in [-0.25, -0.2) is 14.4 Å². The number of hydrogen-bond acceptors (Lipinski definition) is 6. The number of carboxylic acids is 1. The number of halogens is 1. The summed E-state index contributed by atoms with van der Waals surface area (Å²) < 4.78 is 9.60. The summed E-state index contributed by atoms with van der Waals surface area (Å²) in [7, 11) is 1.17. The zero-order valence-electron chi connectivity index (χ0n) is 15.6. The Morgan fingerprint density at radius 2 is 1.86 bits per heavy atom. The fraction of sp³-hybridized carbons (Fsp3) is 0.444. The molecular weight excluding hydrogens is 392 g/mol. The predicted molar refractivity (Wildman–Crippen MR) is 99.7 cm³/mol. The molecule has 2 amide bonds. The number of nitrogens with zero attached hydrogens (tertiary/aromatic N) is 1. The van der Waals surface area contributed by atoms with Crippen LogP contribution in [0.1, 0.15) is 18.9 Å². The van der Waals surface area contributed by atoms with Crippen LogP contribution in [-0.2, 0) is 30.5 Å². The third-order valence-electron chi connectivity index (χ3n) is 3.91. The molecule has 0 aliphatic heterocycles. The van der Waals surface area contributed by atoms with Crippen LogP contribution >= 0.6 is 11.6 Å². The molecule has 1 rings (SSSR count). The van der Waals surface area contributed by atoms with E-state index in [1.54, 1.807) is 24.3 Å². The maximum absolute atomic E-state index is 12.0. The Labute approximate surface area is 167 Å². The van der Waals surface area contributed by atoms with E-state index >= 15 is 0 Å². The number of rotatable bonds is 10. The summed E-state index contributed by atoms with van der Waals surface area (Å²) in [6.45, 7) is 1.29. The van der Waals surface area contributed by atoms with Gasteiger partial charge in [0.15, 0.2) is 0 Å². The predicted octanol–water partition coefficient (Wildman–Crippen LogP) is 1.38. The van der Waals surface area contributed by atoms with E-state index in [4.69, 9.17) is 16.3 Å². The van der Waals surface area contributed by atoms with Crippen LogP contribution in [0.25, 0.3) is 0 Å². The molecule has 0 radical (unpaired) electrons. The fourth-order valence-electron chi connectivity index (χ4n) is 2.34. The first kappa shape index (κ1) is 23.2. The number of aliphatic carboxylic acids is 1. The summed E-state index contributed by atoms with van der Waals surface area (Å²) in [5.41, 5.74) is 0.746. The second-order valence-corrected chi connectivity index (χ2v) is 6.07. The van der Waals surface area contributed by atoms with E-state index in [1.807, 2.05) is 6.07 Å². The molecule has 10 heteroatoms. The molecule has 0 aromatic heterocycles. The van der Waals surface area contributed by atoms with Gasteiger partial charge in [0.1, 0.15) is 24.6 Å². The Morgan fingerprint density at radius 1 is 1.21 bits per heavy atom. The number of benzene rings is 1. The Kier molecular flexibility index (Phi) is 9.80. The lowest BCUT2D eigenvalue weighted by Crippen LogP contribution is -2.48. The van der Waals surface area contributed by atoms with Gasteiger partial charge in [-0.05, 0) is 18.9 Å². The molecule has 0 aliphatic rings. The second kappa shape index (κ2) is 11.8. The zero-order valence-corrected chi connectivity index (χ0v) is 16.3. The highest BCUT2D eigenvalue weighted by Crippen LogP contribution is 2.08. The highest BCUT2D eigenvalue weighted by molar-refractivity contribution is 6.27. The number of esters is 1. The van der Waals surface area contributed by atoms with Gasteiger partial charge in [-0.3, -0.25) is 4.79 Å². The van der Waals surface area contributed by atoms with E-state index in [0.717, 1.165) is 10.5 Å². The lowest BCUT2D eigenvalue weighted by atomic mass is 10.1. The van der Waals surface area contributed by atoms with Gasteiger partial charge in [0.2, 0.25) is 5.91 Å². The van der Waals surface area contributed by atoms with Crippen molar-refractivity contribution in [3.05, 3.63) is 35.9 Å². The average molecular weight is 415 g/mol. The van der Waals surface area contributed by atoms with Gasteiger partial charge in [0, 0.05) is 6.54 Å². The highest BCUT2D eigenvalue weighted by Gasteiger charge is 2.29. The van der Waals surface area contributed by atoms with Crippen LogP contribution in [0.3, 0.4) is 0 Å². The Hall–Kier alpha value is -2.81. The molecule has 1 aromatic rings. The van der Waals surface area contributed by atoms with Gasteiger partial charge >= 0.3 is 18.0 Å². The molecule has 1 aromatic carbocycles. The van der Waals surface area contributed by atoms with E-state index in [-0.39, 0.29) is 25.5 Å². The lowest BCUT2D eigenvalue weighted by molar-refractivity contribution is -0.151. The van der Waals surface area contributed by atoms with Crippen LogP contribution in [-0.4, -0.2) is 65.6 Å². The van der Waals surface area contributed by atoms with Crippen molar-refractivity contribution in [1.29, 1.82) is 0 Å². The quantitative estimate of drug-likeness (QED) is 0.438.